The van der Waals surface area contributed by atoms with Crippen LogP contribution in [0.3, 0.4) is 0 Å². The fourth-order valence-corrected chi connectivity index (χ4v) is 3.99. The van der Waals surface area contributed by atoms with E-state index in [9.17, 15) is 13.2 Å². The van der Waals surface area contributed by atoms with Crippen molar-refractivity contribution in [1.29, 1.82) is 0 Å². The molecule has 31 heavy (non-hydrogen) atoms. The zero-order chi connectivity index (χ0) is 22.2. The lowest BCUT2D eigenvalue weighted by Crippen LogP contribution is -2.15. The Hall–Kier alpha value is -3.39. The minimum Gasteiger partial charge on any atom is -0.490 e. The number of ether oxygens (including phenoxy) is 2. The van der Waals surface area contributed by atoms with Crippen molar-refractivity contribution in [2.45, 2.75) is 31.3 Å². The van der Waals surface area contributed by atoms with Crippen LogP contribution in [-0.2, 0) is 16.3 Å². The molecule has 160 valence electrons. The predicted molar refractivity (Wildman–Crippen MR) is 117 cm³/mol. The molecule has 2 aromatic carbocycles. The van der Waals surface area contributed by atoms with Gasteiger partial charge in [-0.15, -0.1) is 0 Å². The lowest BCUT2D eigenvalue weighted by molar-refractivity contribution is 0.102. The largest absolute Gasteiger partial charge is 0.490 e. The summed E-state index contributed by atoms with van der Waals surface area (Å²) in [5, 5.41) is 2.82. The number of aromatic nitrogens is 1. The average molecular weight is 439 g/mol. The van der Waals surface area contributed by atoms with Crippen LogP contribution in [0.5, 0.6) is 17.2 Å². The molecular weight excluding hydrogens is 416 g/mol. The molecule has 1 aromatic heterocycles. The summed E-state index contributed by atoms with van der Waals surface area (Å²) in [7, 11) is -3.29. The van der Waals surface area contributed by atoms with Crippen LogP contribution in [0.4, 0.5) is 5.82 Å². The third kappa shape index (κ3) is 4.69. The predicted octanol–water partition coefficient (Wildman–Crippen LogP) is 4.16. The molecule has 0 saturated heterocycles. The summed E-state index contributed by atoms with van der Waals surface area (Å²) >= 11 is 0. The Balaban J connectivity index is 1.63. The molecule has 4 rings (SSSR count). The Morgan fingerprint density at radius 3 is 2.52 bits per heavy atom. The molecule has 7 nitrogen and oxygen atoms in total. The van der Waals surface area contributed by atoms with Gasteiger partial charge in [0.2, 0.25) is 0 Å². The number of carbonyl (C=O) groups excluding carboxylic acids is 1. The molecule has 1 amide bonds. The van der Waals surface area contributed by atoms with Gasteiger partial charge in [0.25, 0.3) is 5.91 Å². The summed E-state index contributed by atoms with van der Waals surface area (Å²) in [5.74, 6) is 1.62. The first-order valence-corrected chi connectivity index (χ1v) is 11.6. The Kier molecular flexibility index (Phi) is 5.41. The van der Waals surface area contributed by atoms with Crippen molar-refractivity contribution >= 4 is 21.6 Å². The molecular formula is C23H22N2O5S. The molecule has 0 aliphatic carbocycles. The molecule has 1 aliphatic rings. The van der Waals surface area contributed by atoms with Gasteiger partial charge in [0.05, 0.1) is 10.5 Å². The third-order valence-corrected chi connectivity index (χ3v) is 6.02. The van der Waals surface area contributed by atoms with Gasteiger partial charge < -0.3 is 14.8 Å². The van der Waals surface area contributed by atoms with Gasteiger partial charge in [-0.05, 0) is 55.8 Å². The molecule has 1 aliphatic heterocycles. The van der Waals surface area contributed by atoms with Gasteiger partial charge in [-0.2, -0.15) is 0 Å². The monoisotopic (exact) mass is 438 g/mol. The van der Waals surface area contributed by atoms with Gasteiger partial charge in [0.15, 0.2) is 9.84 Å². The highest BCUT2D eigenvalue weighted by Crippen LogP contribution is 2.37. The first-order chi connectivity index (χ1) is 14.7. The summed E-state index contributed by atoms with van der Waals surface area (Å²) in [6, 6.07) is 13.1. The fraction of sp³-hybridized carbons (Fsp3) is 0.217. The highest BCUT2D eigenvalue weighted by atomic mass is 32.2. The van der Waals surface area contributed by atoms with Crippen LogP contribution < -0.4 is 14.8 Å². The van der Waals surface area contributed by atoms with Crippen molar-refractivity contribution in [2.24, 2.45) is 0 Å². The standard InChI is InChI=1S/C23H22N2O5S/c1-14-4-9-22(24-13-14)25-23(26)20-11-17(12-21-19(20)10-15(2)29-21)30-16-5-7-18(8-6-16)31(3,27)28/h4-9,11-13,15H,10H2,1-3H3,(H,24,25,26). The number of aryl methyl sites for hydroxylation is 1. The van der Waals surface area contributed by atoms with E-state index in [1.807, 2.05) is 19.9 Å². The highest BCUT2D eigenvalue weighted by Gasteiger charge is 2.27. The van der Waals surface area contributed by atoms with Crippen LogP contribution in [-0.4, -0.2) is 31.7 Å². The zero-order valence-corrected chi connectivity index (χ0v) is 18.2. The second-order valence-electron chi connectivity index (χ2n) is 7.60. The summed E-state index contributed by atoms with van der Waals surface area (Å²) in [6.45, 7) is 3.86. The van der Waals surface area contributed by atoms with Crippen LogP contribution in [0, 0.1) is 6.92 Å². The molecule has 0 saturated carbocycles. The van der Waals surface area contributed by atoms with Crippen LogP contribution in [0.25, 0.3) is 0 Å². The fourth-order valence-electron chi connectivity index (χ4n) is 3.36. The number of anilines is 1. The minimum atomic E-state index is -3.29. The van der Waals surface area contributed by atoms with Crippen LogP contribution in [0.1, 0.15) is 28.4 Å². The highest BCUT2D eigenvalue weighted by molar-refractivity contribution is 7.90. The summed E-state index contributed by atoms with van der Waals surface area (Å²) < 4.78 is 35.0. The van der Waals surface area contributed by atoms with E-state index in [2.05, 4.69) is 10.3 Å². The number of pyridine rings is 1. The number of carbonyl (C=O) groups is 1. The van der Waals surface area contributed by atoms with Crippen molar-refractivity contribution in [3.05, 3.63) is 71.4 Å². The molecule has 0 radical (unpaired) electrons. The molecule has 2 heterocycles. The van der Waals surface area contributed by atoms with Gasteiger partial charge in [-0.3, -0.25) is 4.79 Å². The van der Waals surface area contributed by atoms with Crippen LogP contribution >= 0.6 is 0 Å². The van der Waals surface area contributed by atoms with Gasteiger partial charge in [-0.25, -0.2) is 13.4 Å². The van der Waals surface area contributed by atoms with E-state index < -0.39 is 9.84 Å². The number of hydrogen-bond acceptors (Lipinski definition) is 6. The minimum absolute atomic E-state index is 0.0525. The molecule has 0 bridgehead atoms. The Bertz CT molecular complexity index is 1240. The number of fused-ring (bicyclic) bond motifs is 1. The van der Waals surface area contributed by atoms with Crippen molar-refractivity contribution in [2.75, 3.05) is 11.6 Å². The lowest BCUT2D eigenvalue weighted by Gasteiger charge is -2.12. The first kappa shape index (κ1) is 20.9. The Morgan fingerprint density at radius 1 is 1.13 bits per heavy atom. The van der Waals surface area contributed by atoms with E-state index in [0.717, 1.165) is 17.4 Å². The number of benzene rings is 2. The number of rotatable bonds is 5. The Morgan fingerprint density at radius 2 is 1.87 bits per heavy atom. The third-order valence-electron chi connectivity index (χ3n) is 4.89. The first-order valence-electron chi connectivity index (χ1n) is 9.74. The molecule has 1 atom stereocenters. The van der Waals surface area contributed by atoms with E-state index in [1.165, 1.54) is 12.1 Å². The van der Waals surface area contributed by atoms with Gasteiger partial charge in [0, 0.05) is 30.5 Å². The van der Waals surface area contributed by atoms with Crippen LogP contribution in [0.15, 0.2) is 59.6 Å². The smallest absolute Gasteiger partial charge is 0.257 e. The summed E-state index contributed by atoms with van der Waals surface area (Å²) in [5.41, 5.74) is 2.27. The van der Waals surface area contributed by atoms with Gasteiger partial charge in [0.1, 0.15) is 29.2 Å². The molecule has 1 N–H and O–H groups in total. The second kappa shape index (κ2) is 8.03. The van der Waals surface area contributed by atoms with E-state index in [-0.39, 0.29) is 16.9 Å². The summed E-state index contributed by atoms with van der Waals surface area (Å²) in [4.78, 5) is 17.4. The van der Waals surface area contributed by atoms with Crippen molar-refractivity contribution < 1.29 is 22.7 Å². The number of nitrogens with one attached hydrogen (secondary N) is 1. The summed E-state index contributed by atoms with van der Waals surface area (Å²) in [6.07, 6.45) is 3.40. The molecule has 0 fully saturated rings. The number of amides is 1. The van der Waals surface area contributed by atoms with E-state index in [0.29, 0.717) is 35.1 Å². The Labute approximate surface area is 181 Å². The molecule has 8 heteroatoms. The van der Waals surface area contributed by atoms with E-state index in [4.69, 9.17) is 9.47 Å². The van der Waals surface area contributed by atoms with Gasteiger partial charge in [-0.1, -0.05) is 6.07 Å². The normalized spacial score (nSPS) is 15.1. The number of hydrogen-bond donors (Lipinski definition) is 1. The maximum atomic E-state index is 13.0. The lowest BCUT2D eigenvalue weighted by atomic mass is 10.0. The zero-order valence-electron chi connectivity index (χ0n) is 17.4. The van der Waals surface area contributed by atoms with Crippen molar-refractivity contribution in [1.82, 2.24) is 4.98 Å². The topological polar surface area (TPSA) is 94.6 Å². The molecule has 1 unspecified atom stereocenters. The van der Waals surface area contributed by atoms with Crippen molar-refractivity contribution in [3.63, 3.8) is 0 Å². The van der Waals surface area contributed by atoms with Gasteiger partial charge >= 0.3 is 0 Å². The maximum Gasteiger partial charge on any atom is 0.257 e. The molecule has 0 spiro atoms. The molecule has 3 aromatic rings. The SMILES string of the molecule is Cc1ccc(NC(=O)c2cc(Oc3ccc(S(C)(=O)=O)cc3)cc3c2CC(C)O3)nc1. The number of sulfone groups is 1. The van der Waals surface area contributed by atoms with E-state index >= 15 is 0 Å². The van der Waals surface area contributed by atoms with Crippen LogP contribution in [0.2, 0.25) is 0 Å². The number of nitrogens with zero attached hydrogens (tertiary/aromatic N) is 1. The average Bonchev–Trinajstić information content (AvgIpc) is 3.09. The van der Waals surface area contributed by atoms with E-state index in [1.54, 1.807) is 36.5 Å². The second-order valence-corrected chi connectivity index (χ2v) is 9.62. The maximum absolute atomic E-state index is 13.0. The quantitative estimate of drug-likeness (QED) is 0.643. The van der Waals surface area contributed by atoms with Crippen molar-refractivity contribution in [3.8, 4) is 17.2 Å².